The molecular weight excluding hydrogens is 226 g/mol. The molecule has 0 saturated heterocycles. The summed E-state index contributed by atoms with van der Waals surface area (Å²) in [6.07, 6.45) is 4.34. The van der Waals surface area contributed by atoms with Crippen LogP contribution in [-0.2, 0) is 9.84 Å². The second kappa shape index (κ2) is 6.57. The first-order chi connectivity index (χ1) is 7.59. The highest BCUT2D eigenvalue weighted by Crippen LogP contribution is 2.24. The molecule has 1 aliphatic carbocycles. The Labute approximate surface area is 98.6 Å². The maximum absolute atomic E-state index is 11.3. The van der Waals surface area contributed by atoms with Crippen molar-refractivity contribution in [3.63, 3.8) is 0 Å². The molecule has 5 heteroatoms. The largest absolute Gasteiger partial charge is 0.395 e. The molecule has 0 bridgehead atoms. The number of sulfone groups is 1. The van der Waals surface area contributed by atoms with Gasteiger partial charge in [-0.05, 0) is 25.8 Å². The van der Waals surface area contributed by atoms with Gasteiger partial charge in [0.1, 0.15) is 9.84 Å². The highest BCUT2D eigenvalue weighted by atomic mass is 32.2. The molecule has 16 heavy (non-hydrogen) atoms. The van der Waals surface area contributed by atoms with E-state index in [1.54, 1.807) is 6.92 Å². The van der Waals surface area contributed by atoms with Gasteiger partial charge in [0.25, 0.3) is 0 Å². The molecule has 0 unspecified atom stereocenters. The maximum atomic E-state index is 11.3. The van der Waals surface area contributed by atoms with Crippen LogP contribution < -0.4 is 0 Å². The van der Waals surface area contributed by atoms with Gasteiger partial charge < -0.3 is 5.11 Å². The molecule has 0 aliphatic heterocycles. The van der Waals surface area contributed by atoms with Gasteiger partial charge in [0.2, 0.25) is 0 Å². The molecule has 4 nitrogen and oxygen atoms in total. The lowest BCUT2D eigenvalue weighted by molar-refractivity contribution is 0.102. The zero-order chi connectivity index (χ0) is 12.0. The lowest BCUT2D eigenvalue weighted by Gasteiger charge is -2.37. The van der Waals surface area contributed by atoms with Crippen LogP contribution in [0.2, 0.25) is 0 Å². The van der Waals surface area contributed by atoms with Crippen LogP contribution in [-0.4, -0.2) is 55.7 Å². The van der Waals surface area contributed by atoms with Crippen LogP contribution in [0.15, 0.2) is 0 Å². The molecule has 0 radical (unpaired) electrons. The van der Waals surface area contributed by atoms with Crippen LogP contribution in [0.5, 0.6) is 0 Å². The first-order valence-corrected chi connectivity index (χ1v) is 7.96. The van der Waals surface area contributed by atoms with Crippen LogP contribution in [0.25, 0.3) is 0 Å². The third-order valence-corrected chi connectivity index (χ3v) is 5.11. The van der Waals surface area contributed by atoms with E-state index in [-0.39, 0.29) is 18.1 Å². The average Bonchev–Trinajstić information content (AvgIpc) is 2.15. The van der Waals surface area contributed by atoms with Gasteiger partial charge in [-0.3, -0.25) is 4.90 Å². The van der Waals surface area contributed by atoms with Gasteiger partial charge in [-0.2, -0.15) is 0 Å². The molecule has 1 saturated carbocycles. The number of hydrogen-bond donors (Lipinski definition) is 1. The number of aliphatic hydroxyl groups is 1. The van der Waals surface area contributed by atoms with E-state index < -0.39 is 9.84 Å². The van der Waals surface area contributed by atoms with E-state index in [1.165, 1.54) is 19.3 Å². The molecule has 0 heterocycles. The van der Waals surface area contributed by atoms with Gasteiger partial charge in [-0.25, -0.2) is 8.42 Å². The standard InChI is InChI=1S/C11H23NO3S/c1-2-16(14,15)10-4-7-12(8-9-13)11-5-3-6-11/h11,13H,2-10H2,1H3. The quantitative estimate of drug-likeness (QED) is 0.686. The van der Waals surface area contributed by atoms with Crippen LogP contribution >= 0.6 is 0 Å². The molecule has 0 aromatic carbocycles. The summed E-state index contributed by atoms with van der Waals surface area (Å²) in [5.74, 6) is 0.509. The lowest BCUT2D eigenvalue weighted by Crippen LogP contribution is -2.42. The fourth-order valence-corrected chi connectivity index (χ4v) is 2.85. The van der Waals surface area contributed by atoms with Gasteiger partial charge in [-0.15, -0.1) is 0 Å². The Bertz CT molecular complexity index is 286. The first-order valence-electron chi connectivity index (χ1n) is 6.14. The summed E-state index contributed by atoms with van der Waals surface area (Å²) in [6, 6.07) is 0.580. The maximum Gasteiger partial charge on any atom is 0.150 e. The van der Waals surface area contributed by atoms with E-state index in [4.69, 9.17) is 5.11 Å². The third-order valence-electron chi connectivity index (χ3n) is 3.32. The summed E-state index contributed by atoms with van der Waals surface area (Å²) in [4.78, 5) is 2.23. The second-order valence-electron chi connectivity index (χ2n) is 4.43. The van der Waals surface area contributed by atoms with Crippen LogP contribution in [0.1, 0.15) is 32.6 Å². The van der Waals surface area contributed by atoms with Gasteiger partial charge in [-0.1, -0.05) is 13.3 Å². The summed E-state index contributed by atoms with van der Waals surface area (Å²) < 4.78 is 22.6. The summed E-state index contributed by atoms with van der Waals surface area (Å²) in [5.41, 5.74) is 0. The average molecular weight is 249 g/mol. The van der Waals surface area contributed by atoms with E-state index >= 15 is 0 Å². The fourth-order valence-electron chi connectivity index (χ4n) is 1.99. The Morgan fingerprint density at radius 2 is 2.00 bits per heavy atom. The first kappa shape index (κ1) is 13.9. The molecule has 0 amide bonds. The van der Waals surface area contributed by atoms with E-state index in [9.17, 15) is 8.42 Å². The minimum absolute atomic E-state index is 0.164. The Morgan fingerprint density at radius 3 is 2.44 bits per heavy atom. The van der Waals surface area contributed by atoms with Crippen molar-refractivity contribution in [2.45, 2.75) is 38.6 Å². The summed E-state index contributed by atoms with van der Waals surface area (Å²) >= 11 is 0. The normalized spacial score (nSPS) is 17.7. The Morgan fingerprint density at radius 1 is 1.31 bits per heavy atom. The Kier molecular flexibility index (Phi) is 5.72. The summed E-state index contributed by atoms with van der Waals surface area (Å²) in [6.45, 7) is 3.32. The van der Waals surface area contributed by atoms with Crippen molar-refractivity contribution < 1.29 is 13.5 Å². The van der Waals surface area contributed by atoms with Crippen molar-refractivity contribution in [1.82, 2.24) is 4.90 Å². The molecule has 1 N–H and O–H groups in total. The SMILES string of the molecule is CCS(=O)(=O)CCCN(CCO)C1CCC1. The van der Waals surface area contributed by atoms with Crippen molar-refractivity contribution in [2.75, 3.05) is 31.2 Å². The zero-order valence-corrected chi connectivity index (χ0v) is 10.9. The molecule has 0 spiro atoms. The van der Waals surface area contributed by atoms with Gasteiger partial charge in [0, 0.05) is 18.3 Å². The monoisotopic (exact) mass is 249 g/mol. The van der Waals surface area contributed by atoms with Gasteiger partial charge >= 0.3 is 0 Å². The topological polar surface area (TPSA) is 57.6 Å². The Hall–Kier alpha value is -0.130. The molecule has 1 rings (SSSR count). The van der Waals surface area contributed by atoms with Gasteiger partial charge in [0.15, 0.2) is 0 Å². The minimum atomic E-state index is -2.83. The van der Waals surface area contributed by atoms with Crippen molar-refractivity contribution in [3.05, 3.63) is 0 Å². The molecular formula is C11H23NO3S. The van der Waals surface area contributed by atoms with Gasteiger partial charge in [0.05, 0.1) is 12.4 Å². The number of nitrogens with zero attached hydrogens (tertiary/aromatic N) is 1. The predicted octanol–water partition coefficient (Wildman–Crippen LogP) is 0.658. The minimum Gasteiger partial charge on any atom is -0.395 e. The molecule has 96 valence electrons. The van der Waals surface area contributed by atoms with Crippen LogP contribution in [0, 0.1) is 0 Å². The Balaban J connectivity index is 2.27. The van der Waals surface area contributed by atoms with Crippen LogP contribution in [0.4, 0.5) is 0 Å². The third kappa shape index (κ3) is 4.39. The second-order valence-corrected chi connectivity index (χ2v) is 6.91. The smallest absolute Gasteiger partial charge is 0.150 e. The zero-order valence-electron chi connectivity index (χ0n) is 10.1. The highest BCUT2D eigenvalue weighted by Gasteiger charge is 2.24. The molecule has 0 aromatic heterocycles. The van der Waals surface area contributed by atoms with Crippen molar-refractivity contribution in [1.29, 1.82) is 0 Å². The summed E-state index contributed by atoms with van der Waals surface area (Å²) in [7, 11) is -2.83. The van der Waals surface area contributed by atoms with E-state index in [0.29, 0.717) is 19.0 Å². The molecule has 1 fully saturated rings. The summed E-state index contributed by atoms with van der Waals surface area (Å²) in [5, 5.41) is 8.95. The number of aliphatic hydroxyl groups excluding tert-OH is 1. The number of rotatable bonds is 8. The van der Waals surface area contributed by atoms with Crippen molar-refractivity contribution in [3.8, 4) is 0 Å². The van der Waals surface area contributed by atoms with E-state index in [1.807, 2.05) is 0 Å². The predicted molar refractivity (Wildman–Crippen MR) is 65.2 cm³/mol. The fraction of sp³-hybridized carbons (Fsp3) is 1.00. The highest BCUT2D eigenvalue weighted by molar-refractivity contribution is 7.91. The number of hydrogen-bond acceptors (Lipinski definition) is 4. The molecule has 0 atom stereocenters. The van der Waals surface area contributed by atoms with Crippen molar-refractivity contribution >= 4 is 9.84 Å². The van der Waals surface area contributed by atoms with Crippen LogP contribution in [0.3, 0.4) is 0 Å². The van der Waals surface area contributed by atoms with E-state index in [0.717, 1.165) is 6.54 Å². The molecule has 0 aromatic rings. The lowest BCUT2D eigenvalue weighted by atomic mass is 9.91. The molecule has 1 aliphatic rings. The van der Waals surface area contributed by atoms with Crippen molar-refractivity contribution in [2.24, 2.45) is 0 Å². The van der Waals surface area contributed by atoms with E-state index in [2.05, 4.69) is 4.90 Å².